The smallest absolute Gasteiger partial charge is 0.282 e. The summed E-state index contributed by atoms with van der Waals surface area (Å²) in [6, 6.07) is 2.79. The van der Waals surface area contributed by atoms with Gasteiger partial charge in [-0.3, -0.25) is 0 Å². The summed E-state index contributed by atoms with van der Waals surface area (Å²) in [6.07, 6.45) is 2.32. The molecule has 8 nitrogen and oxygen atoms in total. The average Bonchev–Trinajstić information content (AvgIpc) is 3.01. The molecule has 11 heteroatoms. The van der Waals surface area contributed by atoms with Gasteiger partial charge in [0.2, 0.25) is 0 Å². The van der Waals surface area contributed by atoms with Gasteiger partial charge in [-0.05, 0) is 23.6 Å². The fraction of sp³-hybridized carbons (Fsp3) is 0.412. The van der Waals surface area contributed by atoms with E-state index >= 15 is 0 Å². The van der Waals surface area contributed by atoms with E-state index < -0.39 is 22.1 Å². The summed E-state index contributed by atoms with van der Waals surface area (Å²) in [5, 5.41) is 9.63. The minimum Gasteiger partial charge on any atom is -0.390 e. The number of imidazole rings is 1. The highest BCUT2D eigenvalue weighted by atomic mass is 35.5. The van der Waals surface area contributed by atoms with Crippen LogP contribution in [0, 0.1) is 11.7 Å². The van der Waals surface area contributed by atoms with E-state index in [1.54, 1.807) is 0 Å². The maximum atomic E-state index is 13.1. The second-order valence-electron chi connectivity index (χ2n) is 6.97. The predicted octanol–water partition coefficient (Wildman–Crippen LogP) is 1.52. The zero-order valence-corrected chi connectivity index (χ0v) is 16.6. The molecule has 2 N–H and O–H groups in total. The second kappa shape index (κ2) is 7.20. The standard InChI is InChI=1S/C17H19ClFN5O3S/c1-10-7-23(28(26,27)24-8-12(25)9-24)5-4-13(10)15-16(18)22-17(21-15)14-3-2-11(19)6-20-14/h2-4,6,10,12,25H,5,7-9H2,1H3,(H,21,22)/t10-/m0/s1. The third-order valence-electron chi connectivity index (χ3n) is 4.92. The summed E-state index contributed by atoms with van der Waals surface area (Å²) >= 11 is 6.30. The van der Waals surface area contributed by atoms with Crippen LogP contribution in [-0.4, -0.2) is 69.4 Å². The predicted molar refractivity (Wildman–Crippen MR) is 102 cm³/mol. The van der Waals surface area contributed by atoms with Crippen LogP contribution < -0.4 is 0 Å². The van der Waals surface area contributed by atoms with E-state index in [-0.39, 0.29) is 30.7 Å². The molecule has 0 unspecified atom stereocenters. The summed E-state index contributed by atoms with van der Waals surface area (Å²) in [5.74, 6) is -0.152. The largest absolute Gasteiger partial charge is 0.390 e. The molecule has 4 rings (SSSR count). The summed E-state index contributed by atoms with van der Waals surface area (Å²) in [5.41, 5.74) is 1.92. The van der Waals surface area contributed by atoms with Crippen LogP contribution >= 0.6 is 11.6 Å². The fourth-order valence-corrected chi connectivity index (χ4v) is 5.33. The molecule has 0 aromatic carbocycles. The number of H-pyrrole nitrogens is 1. The molecular formula is C17H19ClFN5O3S. The van der Waals surface area contributed by atoms with E-state index in [0.29, 0.717) is 23.8 Å². The first-order chi connectivity index (χ1) is 13.3. The van der Waals surface area contributed by atoms with Crippen molar-refractivity contribution in [3.05, 3.63) is 41.1 Å². The number of hydrogen-bond donors (Lipinski definition) is 2. The van der Waals surface area contributed by atoms with E-state index in [1.165, 1.54) is 20.7 Å². The Hall–Kier alpha value is -1.85. The number of hydrogen-bond acceptors (Lipinski definition) is 5. The van der Waals surface area contributed by atoms with Crippen molar-refractivity contribution in [1.29, 1.82) is 0 Å². The van der Waals surface area contributed by atoms with Crippen molar-refractivity contribution in [1.82, 2.24) is 23.6 Å². The van der Waals surface area contributed by atoms with Gasteiger partial charge >= 0.3 is 0 Å². The van der Waals surface area contributed by atoms with Crippen LogP contribution in [0.15, 0.2) is 24.4 Å². The third-order valence-corrected chi connectivity index (χ3v) is 7.10. The lowest BCUT2D eigenvalue weighted by Gasteiger charge is -2.40. The molecule has 28 heavy (non-hydrogen) atoms. The number of halogens is 2. The number of β-amino-alcohol motifs (C(OH)–C–C–N with tert-alkyl or cyclic N) is 1. The van der Waals surface area contributed by atoms with Crippen LogP contribution in [0.3, 0.4) is 0 Å². The lowest BCUT2D eigenvalue weighted by molar-refractivity contribution is 0.0505. The zero-order valence-electron chi connectivity index (χ0n) is 15.0. The highest BCUT2D eigenvalue weighted by Crippen LogP contribution is 2.34. The topological polar surface area (TPSA) is 102 Å². The molecule has 4 heterocycles. The number of aromatic nitrogens is 3. The maximum absolute atomic E-state index is 13.1. The number of nitrogens with one attached hydrogen (secondary N) is 1. The summed E-state index contributed by atoms with van der Waals surface area (Å²) in [6.45, 7) is 2.66. The van der Waals surface area contributed by atoms with Gasteiger partial charge in [0.05, 0.1) is 18.0 Å². The maximum Gasteiger partial charge on any atom is 0.282 e. The number of aromatic amines is 1. The van der Waals surface area contributed by atoms with E-state index in [9.17, 15) is 17.9 Å². The molecule has 2 aliphatic heterocycles. The molecule has 150 valence electrons. The molecule has 2 aliphatic rings. The lowest BCUT2D eigenvalue weighted by atomic mass is 9.95. The van der Waals surface area contributed by atoms with Gasteiger partial charge in [-0.1, -0.05) is 24.6 Å². The quantitative estimate of drug-likeness (QED) is 0.770. The highest BCUT2D eigenvalue weighted by molar-refractivity contribution is 7.86. The Bertz CT molecular complexity index is 1020. The zero-order chi connectivity index (χ0) is 20.1. The second-order valence-corrected chi connectivity index (χ2v) is 9.26. The Labute approximate surface area is 166 Å². The number of aliphatic hydroxyl groups is 1. The lowest BCUT2D eigenvalue weighted by Crippen LogP contribution is -2.58. The molecule has 1 saturated heterocycles. The van der Waals surface area contributed by atoms with Crippen molar-refractivity contribution in [2.45, 2.75) is 13.0 Å². The van der Waals surface area contributed by atoms with Gasteiger partial charge in [-0.25, -0.2) is 14.4 Å². The Morgan fingerprint density at radius 3 is 2.64 bits per heavy atom. The number of rotatable bonds is 4. The van der Waals surface area contributed by atoms with Gasteiger partial charge in [0.1, 0.15) is 11.5 Å². The average molecular weight is 428 g/mol. The molecule has 0 aliphatic carbocycles. The van der Waals surface area contributed by atoms with E-state index in [1.807, 2.05) is 13.0 Å². The Morgan fingerprint density at radius 1 is 1.29 bits per heavy atom. The molecule has 0 saturated carbocycles. The van der Waals surface area contributed by atoms with Gasteiger partial charge in [0, 0.05) is 26.2 Å². The number of nitrogens with zero attached hydrogens (tertiary/aromatic N) is 4. The monoisotopic (exact) mass is 427 g/mol. The van der Waals surface area contributed by atoms with Crippen LogP contribution in [0.25, 0.3) is 17.1 Å². The van der Waals surface area contributed by atoms with Crippen molar-refractivity contribution in [2.75, 3.05) is 26.2 Å². The van der Waals surface area contributed by atoms with E-state index in [0.717, 1.165) is 11.8 Å². The minimum atomic E-state index is -3.59. The van der Waals surface area contributed by atoms with Crippen molar-refractivity contribution in [3.63, 3.8) is 0 Å². The van der Waals surface area contributed by atoms with Crippen molar-refractivity contribution < 1.29 is 17.9 Å². The van der Waals surface area contributed by atoms with Crippen LogP contribution in [0.4, 0.5) is 4.39 Å². The Morgan fingerprint density at radius 2 is 2.04 bits per heavy atom. The number of pyridine rings is 1. The van der Waals surface area contributed by atoms with Gasteiger partial charge < -0.3 is 10.1 Å². The van der Waals surface area contributed by atoms with Crippen LogP contribution in [0.2, 0.25) is 5.15 Å². The van der Waals surface area contributed by atoms with Gasteiger partial charge in [-0.2, -0.15) is 17.0 Å². The molecule has 2 aromatic heterocycles. The van der Waals surface area contributed by atoms with Gasteiger partial charge in [-0.15, -0.1) is 0 Å². The molecule has 1 atom stereocenters. The Balaban J connectivity index is 1.57. The van der Waals surface area contributed by atoms with Crippen LogP contribution in [0.1, 0.15) is 12.6 Å². The summed E-state index contributed by atoms with van der Waals surface area (Å²) in [7, 11) is -3.59. The summed E-state index contributed by atoms with van der Waals surface area (Å²) < 4.78 is 41.0. The molecular weight excluding hydrogens is 409 g/mol. The minimum absolute atomic E-state index is 0.123. The Kier molecular flexibility index (Phi) is 5.00. The first kappa shape index (κ1) is 19.5. The first-order valence-corrected chi connectivity index (χ1v) is 10.5. The van der Waals surface area contributed by atoms with Crippen molar-refractivity contribution in [2.24, 2.45) is 5.92 Å². The SMILES string of the molecule is C[C@H]1CN(S(=O)(=O)N2CC(O)C2)CC=C1c1[nH]c(-c2ccc(F)cn2)nc1Cl. The number of aliphatic hydroxyl groups excluding tert-OH is 1. The van der Waals surface area contributed by atoms with E-state index in [2.05, 4.69) is 15.0 Å². The first-order valence-electron chi connectivity index (χ1n) is 8.77. The summed E-state index contributed by atoms with van der Waals surface area (Å²) in [4.78, 5) is 11.4. The molecule has 0 radical (unpaired) electrons. The van der Waals surface area contributed by atoms with Gasteiger partial charge in [0.15, 0.2) is 11.0 Å². The normalized spacial score (nSPS) is 22.1. The van der Waals surface area contributed by atoms with Crippen LogP contribution in [-0.2, 0) is 10.2 Å². The van der Waals surface area contributed by atoms with Crippen molar-refractivity contribution in [3.8, 4) is 11.5 Å². The van der Waals surface area contributed by atoms with Crippen molar-refractivity contribution >= 4 is 27.4 Å². The van der Waals surface area contributed by atoms with E-state index in [4.69, 9.17) is 11.6 Å². The van der Waals surface area contributed by atoms with Gasteiger partial charge in [0.25, 0.3) is 10.2 Å². The fourth-order valence-electron chi connectivity index (χ4n) is 3.37. The highest BCUT2D eigenvalue weighted by Gasteiger charge is 2.40. The molecule has 0 spiro atoms. The molecule has 1 fully saturated rings. The molecule has 0 amide bonds. The van der Waals surface area contributed by atoms with Crippen LogP contribution in [0.5, 0.6) is 0 Å². The third kappa shape index (κ3) is 3.46. The molecule has 2 aromatic rings. The molecule has 0 bridgehead atoms.